The quantitative estimate of drug-likeness (QED) is 0.577. The molecule has 0 amide bonds. The molecule has 4 nitrogen and oxygen atoms in total. The third-order valence-electron chi connectivity index (χ3n) is 1.82. The Labute approximate surface area is 61.2 Å². The van der Waals surface area contributed by atoms with Crippen molar-refractivity contribution in [2.45, 2.75) is 25.8 Å². The number of nitrogens with two attached hydrogens (primary N) is 1. The minimum Gasteiger partial charge on any atom is -0.216 e. The van der Waals surface area contributed by atoms with Gasteiger partial charge in [-0.1, -0.05) is 0 Å². The molecule has 1 aliphatic rings. The number of hydrogen-bond acceptors (Lipinski definition) is 2. The van der Waals surface area contributed by atoms with E-state index in [9.17, 15) is 8.42 Å². The second-order valence-corrected chi connectivity index (χ2v) is 4.15. The van der Waals surface area contributed by atoms with Gasteiger partial charge in [0.25, 0.3) is 10.2 Å². The normalized spacial score (nSPS) is 29.2. The maximum absolute atomic E-state index is 10.7. The fourth-order valence-electron chi connectivity index (χ4n) is 1.28. The van der Waals surface area contributed by atoms with E-state index in [2.05, 4.69) is 0 Å². The Kier molecular flexibility index (Phi) is 1.98. The average Bonchev–Trinajstić information content (AvgIpc) is 2.11. The third-order valence-corrected chi connectivity index (χ3v) is 3.02. The molecule has 0 radical (unpaired) electrons. The topological polar surface area (TPSA) is 63.4 Å². The average molecular weight is 164 g/mol. The van der Waals surface area contributed by atoms with Gasteiger partial charge in [-0.15, -0.1) is 0 Å². The van der Waals surface area contributed by atoms with Crippen molar-refractivity contribution in [2.75, 3.05) is 6.54 Å². The number of nitrogens with zero attached hydrogens (tertiary/aromatic N) is 1. The second-order valence-electron chi connectivity index (χ2n) is 2.65. The molecule has 0 aromatic rings. The summed E-state index contributed by atoms with van der Waals surface area (Å²) in [5, 5.41) is 4.93. The van der Waals surface area contributed by atoms with Gasteiger partial charge >= 0.3 is 0 Å². The van der Waals surface area contributed by atoms with Gasteiger partial charge in [-0.25, -0.2) is 5.14 Å². The van der Waals surface area contributed by atoms with Crippen molar-refractivity contribution in [3.63, 3.8) is 0 Å². The van der Waals surface area contributed by atoms with Gasteiger partial charge in [-0.2, -0.15) is 12.7 Å². The second kappa shape index (κ2) is 2.48. The fourth-order valence-corrected chi connectivity index (χ4v) is 2.28. The first-order valence-electron chi connectivity index (χ1n) is 3.31. The van der Waals surface area contributed by atoms with Crippen molar-refractivity contribution in [1.29, 1.82) is 0 Å². The van der Waals surface area contributed by atoms with Gasteiger partial charge in [-0.3, -0.25) is 0 Å². The molecule has 1 fully saturated rings. The zero-order chi connectivity index (χ0) is 7.78. The van der Waals surface area contributed by atoms with E-state index in [1.807, 2.05) is 6.92 Å². The van der Waals surface area contributed by atoms with Crippen molar-refractivity contribution in [2.24, 2.45) is 5.14 Å². The van der Waals surface area contributed by atoms with Crippen LogP contribution >= 0.6 is 0 Å². The Bertz CT molecular complexity index is 212. The highest BCUT2D eigenvalue weighted by Crippen LogP contribution is 2.17. The van der Waals surface area contributed by atoms with E-state index in [1.165, 1.54) is 4.31 Å². The van der Waals surface area contributed by atoms with Crippen LogP contribution in [0.2, 0.25) is 0 Å². The first-order chi connectivity index (χ1) is 4.52. The van der Waals surface area contributed by atoms with E-state index >= 15 is 0 Å². The highest BCUT2D eigenvalue weighted by atomic mass is 32.2. The zero-order valence-corrected chi connectivity index (χ0v) is 6.76. The largest absolute Gasteiger partial charge is 0.277 e. The van der Waals surface area contributed by atoms with Crippen LogP contribution in [0.3, 0.4) is 0 Å². The monoisotopic (exact) mass is 164 g/mol. The van der Waals surface area contributed by atoms with Crippen molar-refractivity contribution in [3.8, 4) is 0 Å². The van der Waals surface area contributed by atoms with Crippen LogP contribution in [0.1, 0.15) is 19.8 Å². The highest BCUT2D eigenvalue weighted by molar-refractivity contribution is 7.86. The van der Waals surface area contributed by atoms with Gasteiger partial charge in [-0.05, 0) is 19.8 Å². The lowest BCUT2D eigenvalue weighted by atomic mass is 10.3. The summed E-state index contributed by atoms with van der Waals surface area (Å²) in [6, 6.07) is 0.0926. The summed E-state index contributed by atoms with van der Waals surface area (Å²) in [6.07, 6.45) is 1.86. The molecular formula is C5H12N2O2S. The fraction of sp³-hybridized carbons (Fsp3) is 1.00. The Morgan fingerprint density at radius 1 is 1.60 bits per heavy atom. The molecule has 0 aliphatic carbocycles. The van der Waals surface area contributed by atoms with Crippen molar-refractivity contribution in [1.82, 2.24) is 4.31 Å². The van der Waals surface area contributed by atoms with Gasteiger partial charge in [0.2, 0.25) is 0 Å². The van der Waals surface area contributed by atoms with Crippen LogP contribution < -0.4 is 5.14 Å². The molecule has 0 aromatic heterocycles. The van der Waals surface area contributed by atoms with E-state index < -0.39 is 10.2 Å². The van der Waals surface area contributed by atoms with E-state index in [4.69, 9.17) is 5.14 Å². The van der Waals surface area contributed by atoms with Gasteiger partial charge in [0.1, 0.15) is 0 Å². The summed E-state index contributed by atoms with van der Waals surface area (Å²) in [6.45, 7) is 2.46. The SMILES string of the molecule is C[C@H]1CCCN1S(N)(=O)=O. The summed E-state index contributed by atoms with van der Waals surface area (Å²) in [5.74, 6) is 0. The maximum Gasteiger partial charge on any atom is 0.277 e. The standard InChI is InChI=1S/C5H12N2O2S/c1-5-3-2-4-7(5)10(6,8)9/h5H,2-4H2,1H3,(H2,6,8,9)/t5-/m0/s1. The van der Waals surface area contributed by atoms with Crippen LogP contribution in [-0.4, -0.2) is 25.3 Å². The van der Waals surface area contributed by atoms with Gasteiger partial charge in [0, 0.05) is 12.6 Å². The molecule has 1 rings (SSSR count). The Hall–Kier alpha value is -0.130. The molecule has 60 valence electrons. The van der Waals surface area contributed by atoms with Gasteiger partial charge < -0.3 is 0 Å². The minimum absolute atomic E-state index is 0.0926. The highest BCUT2D eigenvalue weighted by Gasteiger charge is 2.27. The number of hydrogen-bond donors (Lipinski definition) is 1. The van der Waals surface area contributed by atoms with E-state index in [0.29, 0.717) is 6.54 Å². The molecule has 1 aliphatic heterocycles. The van der Waals surface area contributed by atoms with Gasteiger partial charge in [0.15, 0.2) is 0 Å². The number of rotatable bonds is 1. The lowest BCUT2D eigenvalue weighted by Crippen LogP contribution is -2.38. The molecule has 1 atom stereocenters. The zero-order valence-electron chi connectivity index (χ0n) is 5.95. The lowest BCUT2D eigenvalue weighted by molar-refractivity contribution is 0.409. The van der Waals surface area contributed by atoms with E-state index in [1.54, 1.807) is 0 Å². The Balaban J connectivity index is 2.74. The predicted molar refractivity (Wildman–Crippen MR) is 38.5 cm³/mol. The molecule has 1 heterocycles. The first-order valence-corrected chi connectivity index (χ1v) is 4.81. The molecular weight excluding hydrogens is 152 g/mol. The molecule has 10 heavy (non-hydrogen) atoms. The lowest BCUT2D eigenvalue weighted by Gasteiger charge is -2.16. The molecule has 1 saturated heterocycles. The van der Waals surface area contributed by atoms with Crippen LogP contribution in [0.15, 0.2) is 0 Å². The van der Waals surface area contributed by atoms with Crippen molar-refractivity contribution in [3.05, 3.63) is 0 Å². The van der Waals surface area contributed by atoms with Gasteiger partial charge in [0.05, 0.1) is 0 Å². The molecule has 0 aromatic carbocycles. The molecule has 0 bridgehead atoms. The van der Waals surface area contributed by atoms with Crippen LogP contribution in [-0.2, 0) is 10.2 Å². The summed E-state index contributed by atoms with van der Waals surface area (Å²) >= 11 is 0. The van der Waals surface area contributed by atoms with Crippen LogP contribution in [0, 0.1) is 0 Å². The predicted octanol–water partition coefficient (Wildman–Crippen LogP) is -0.326. The third kappa shape index (κ3) is 1.47. The summed E-state index contributed by atoms with van der Waals surface area (Å²) in [7, 11) is -3.42. The smallest absolute Gasteiger partial charge is 0.216 e. The first kappa shape index (κ1) is 7.97. The molecule has 2 N–H and O–H groups in total. The molecule has 5 heteroatoms. The summed E-state index contributed by atoms with van der Waals surface area (Å²) in [4.78, 5) is 0. The van der Waals surface area contributed by atoms with Crippen LogP contribution in [0.25, 0.3) is 0 Å². The van der Waals surface area contributed by atoms with Crippen LogP contribution in [0.5, 0.6) is 0 Å². The summed E-state index contributed by atoms with van der Waals surface area (Å²) in [5.41, 5.74) is 0. The molecule has 0 unspecified atom stereocenters. The minimum atomic E-state index is -3.42. The van der Waals surface area contributed by atoms with Crippen molar-refractivity contribution >= 4 is 10.2 Å². The Morgan fingerprint density at radius 2 is 2.20 bits per heavy atom. The van der Waals surface area contributed by atoms with Crippen LogP contribution in [0.4, 0.5) is 0 Å². The van der Waals surface area contributed by atoms with E-state index in [0.717, 1.165) is 12.8 Å². The molecule has 0 saturated carbocycles. The van der Waals surface area contributed by atoms with Crippen molar-refractivity contribution < 1.29 is 8.42 Å². The van der Waals surface area contributed by atoms with E-state index in [-0.39, 0.29) is 6.04 Å². The summed E-state index contributed by atoms with van der Waals surface area (Å²) < 4.78 is 22.8. The Morgan fingerprint density at radius 3 is 2.40 bits per heavy atom. The molecule has 0 spiro atoms. The maximum atomic E-state index is 10.7.